The Kier molecular flexibility index (Phi) is 57.3. The number of phosphoric ester groups is 1. The van der Waals surface area contributed by atoms with E-state index < -0.39 is 26.5 Å². The van der Waals surface area contributed by atoms with Crippen LogP contribution in [0, 0.1) is 0 Å². The van der Waals surface area contributed by atoms with E-state index in [0.717, 1.165) is 109 Å². The number of quaternary nitrogens is 1. The number of likely N-dealkylation sites (N-methyl/N-ethyl adjacent to an activating group) is 1. The zero-order valence-electron chi connectivity index (χ0n) is 52.0. The minimum Gasteiger partial charge on any atom is -0.462 e. The van der Waals surface area contributed by atoms with Crippen molar-refractivity contribution in [2.75, 3.05) is 47.5 Å². The molecule has 0 rings (SSSR count). The van der Waals surface area contributed by atoms with Gasteiger partial charge in [-0.25, -0.2) is 4.57 Å². The van der Waals surface area contributed by atoms with Crippen LogP contribution in [0.3, 0.4) is 0 Å². The highest BCUT2D eigenvalue weighted by atomic mass is 31.2. The molecule has 80 heavy (non-hydrogen) atoms. The Labute approximate surface area is 492 Å². The van der Waals surface area contributed by atoms with Crippen molar-refractivity contribution in [1.29, 1.82) is 0 Å². The molecule has 9 nitrogen and oxygen atoms in total. The summed E-state index contributed by atoms with van der Waals surface area (Å²) < 4.78 is 34.6. The molecule has 1 N–H and O–H groups in total. The fraction of sp³-hybridized carbons (Fsp3) is 0.686. The molecule has 0 aliphatic carbocycles. The number of phosphoric acid groups is 1. The Hall–Kier alpha value is -3.59. The summed E-state index contributed by atoms with van der Waals surface area (Å²) in [7, 11) is 1.46. The molecule has 0 aliphatic heterocycles. The van der Waals surface area contributed by atoms with Crippen LogP contribution in [-0.4, -0.2) is 74.9 Å². The molecule has 0 aromatic carbocycles. The summed E-state index contributed by atoms with van der Waals surface area (Å²) in [6.07, 6.45) is 85.7. The third kappa shape index (κ3) is 63.6. The molecule has 0 radical (unpaired) electrons. The van der Waals surface area contributed by atoms with Crippen molar-refractivity contribution in [3.63, 3.8) is 0 Å². The van der Waals surface area contributed by atoms with Crippen molar-refractivity contribution >= 4 is 19.8 Å². The van der Waals surface area contributed by atoms with Crippen LogP contribution in [0.1, 0.15) is 258 Å². The molecule has 10 heteroatoms. The zero-order valence-corrected chi connectivity index (χ0v) is 52.9. The second-order valence-electron chi connectivity index (χ2n) is 22.4. The Bertz CT molecular complexity index is 1760. The Morgan fingerprint density at radius 1 is 0.400 bits per heavy atom. The summed E-state index contributed by atoms with van der Waals surface area (Å²) >= 11 is 0. The van der Waals surface area contributed by atoms with E-state index >= 15 is 0 Å². The van der Waals surface area contributed by atoms with Gasteiger partial charge in [0.1, 0.15) is 19.8 Å². The van der Waals surface area contributed by atoms with Gasteiger partial charge in [0.15, 0.2) is 6.10 Å². The van der Waals surface area contributed by atoms with Crippen molar-refractivity contribution in [2.24, 2.45) is 0 Å². The van der Waals surface area contributed by atoms with Gasteiger partial charge in [-0.2, -0.15) is 0 Å². The number of hydrogen-bond donors (Lipinski definition) is 1. The summed E-state index contributed by atoms with van der Waals surface area (Å²) in [6.45, 7) is 4.32. The number of carbonyl (C=O) groups excluding carboxylic acids is 2. The molecule has 0 bridgehead atoms. The molecule has 2 atom stereocenters. The summed E-state index contributed by atoms with van der Waals surface area (Å²) in [4.78, 5) is 35.7. The summed E-state index contributed by atoms with van der Waals surface area (Å²) in [5.41, 5.74) is 0. The predicted molar refractivity (Wildman–Crippen MR) is 344 cm³/mol. The summed E-state index contributed by atoms with van der Waals surface area (Å²) in [5, 5.41) is 0. The van der Waals surface area contributed by atoms with E-state index in [-0.39, 0.29) is 32.0 Å². The number of rotatable bonds is 58. The van der Waals surface area contributed by atoms with E-state index in [4.69, 9.17) is 18.5 Å². The van der Waals surface area contributed by atoms with Crippen molar-refractivity contribution < 1.29 is 42.1 Å². The van der Waals surface area contributed by atoms with E-state index in [1.807, 2.05) is 21.1 Å². The molecule has 0 amide bonds. The summed E-state index contributed by atoms with van der Waals surface area (Å²) in [6, 6.07) is 0. The molecule has 0 spiro atoms. The van der Waals surface area contributed by atoms with Gasteiger partial charge in [0, 0.05) is 12.8 Å². The first-order chi connectivity index (χ1) is 39.0. The van der Waals surface area contributed by atoms with Gasteiger partial charge in [0.25, 0.3) is 0 Å². The maximum atomic E-state index is 12.8. The quantitative estimate of drug-likeness (QED) is 0.0211. The Morgan fingerprint density at radius 2 is 0.713 bits per heavy atom. The standard InChI is InChI=1S/C70H120NO8P/c1-6-8-10-12-14-16-18-20-22-24-25-26-27-28-29-30-31-32-33-34-35-36-37-38-39-40-41-42-43-44-45-47-49-51-53-55-57-59-61-63-70(73)79-68(67-78-80(74,75)77-65-64-71(3,4)5)66-76-69(72)62-60-58-56-54-52-50-48-46-23-21-19-17-15-13-11-9-7-2/h8,10,14,16,20,22,25-26,28-29,31-32,34-35,37-38,40-41,43-44,68H,6-7,9,11-13,15,17-19,21,23-24,27,30,33,36,39,42,45-67H2,1-5H3/p+1/b10-8-,16-14-,22-20-,26-25-,29-28-,32-31-,35-34-,38-37-,41-40-,44-43-. The Balaban J connectivity index is 4.12. The first-order valence-electron chi connectivity index (χ1n) is 32.3. The van der Waals surface area contributed by atoms with Gasteiger partial charge in [-0.05, 0) is 89.9 Å². The maximum Gasteiger partial charge on any atom is 0.472 e. The molecule has 2 unspecified atom stereocenters. The van der Waals surface area contributed by atoms with Crippen molar-refractivity contribution in [3.05, 3.63) is 122 Å². The van der Waals surface area contributed by atoms with Crippen LogP contribution in [0.4, 0.5) is 0 Å². The molecule has 0 saturated carbocycles. The molecule has 0 aromatic rings. The van der Waals surface area contributed by atoms with Crippen LogP contribution >= 0.6 is 7.82 Å². The summed E-state index contributed by atoms with van der Waals surface area (Å²) in [5.74, 6) is -0.805. The third-order valence-corrected chi connectivity index (χ3v) is 14.5. The van der Waals surface area contributed by atoms with Crippen LogP contribution in [-0.2, 0) is 32.7 Å². The second kappa shape index (κ2) is 60.0. The number of hydrogen-bond acceptors (Lipinski definition) is 7. The molecular weight excluding hydrogens is 1010 g/mol. The van der Waals surface area contributed by atoms with Gasteiger partial charge in [-0.1, -0.05) is 277 Å². The fourth-order valence-electron chi connectivity index (χ4n) is 8.57. The monoisotopic (exact) mass is 1130 g/mol. The van der Waals surface area contributed by atoms with Crippen LogP contribution in [0.2, 0.25) is 0 Å². The predicted octanol–water partition coefficient (Wildman–Crippen LogP) is 20.7. The molecule has 0 aromatic heterocycles. The largest absolute Gasteiger partial charge is 0.472 e. The topological polar surface area (TPSA) is 108 Å². The van der Waals surface area contributed by atoms with E-state index in [1.165, 1.54) is 116 Å². The number of carbonyl (C=O) groups is 2. The van der Waals surface area contributed by atoms with Crippen LogP contribution < -0.4 is 0 Å². The first kappa shape index (κ1) is 76.4. The maximum absolute atomic E-state index is 12.8. The number of nitrogens with zero attached hydrogens (tertiary/aromatic N) is 1. The molecular formula is C70H121NO8P+. The van der Waals surface area contributed by atoms with E-state index in [2.05, 4.69) is 135 Å². The van der Waals surface area contributed by atoms with Gasteiger partial charge in [-0.15, -0.1) is 0 Å². The van der Waals surface area contributed by atoms with E-state index in [1.54, 1.807) is 0 Å². The van der Waals surface area contributed by atoms with Crippen molar-refractivity contribution in [2.45, 2.75) is 264 Å². The minimum atomic E-state index is -4.39. The average molecular weight is 1140 g/mol. The minimum absolute atomic E-state index is 0.0260. The Morgan fingerprint density at radius 3 is 1.06 bits per heavy atom. The van der Waals surface area contributed by atoms with Crippen LogP contribution in [0.5, 0.6) is 0 Å². The molecule has 0 saturated heterocycles. The number of esters is 2. The second-order valence-corrected chi connectivity index (χ2v) is 23.9. The van der Waals surface area contributed by atoms with Crippen LogP contribution in [0.15, 0.2) is 122 Å². The highest BCUT2D eigenvalue weighted by Crippen LogP contribution is 2.43. The number of ether oxygens (including phenoxy) is 2. The van der Waals surface area contributed by atoms with Gasteiger partial charge in [0.05, 0.1) is 27.7 Å². The normalized spacial score (nSPS) is 14.0. The SMILES string of the molecule is CC/C=C\C/C=C\C/C=C\C/C=C\C/C=C\C/C=C\C/C=C\C/C=C\C/C=C\C/C=C\CCCCCCCCCCC(=O)OC(COC(=O)CCCCCCCCCCCCCCCCCCC)COP(=O)(O)OCC[N+](C)(C)C. The number of allylic oxidation sites excluding steroid dienone is 20. The lowest BCUT2D eigenvalue weighted by molar-refractivity contribution is -0.870. The van der Waals surface area contributed by atoms with Crippen molar-refractivity contribution in [3.8, 4) is 0 Å². The molecule has 0 heterocycles. The lowest BCUT2D eigenvalue weighted by atomic mass is 10.0. The van der Waals surface area contributed by atoms with Crippen LogP contribution in [0.25, 0.3) is 0 Å². The lowest BCUT2D eigenvalue weighted by Gasteiger charge is -2.24. The fourth-order valence-corrected chi connectivity index (χ4v) is 9.32. The lowest BCUT2D eigenvalue weighted by Crippen LogP contribution is -2.37. The smallest absolute Gasteiger partial charge is 0.462 e. The van der Waals surface area contributed by atoms with Crippen molar-refractivity contribution in [1.82, 2.24) is 0 Å². The van der Waals surface area contributed by atoms with E-state index in [0.29, 0.717) is 17.4 Å². The average Bonchev–Trinajstić information content (AvgIpc) is 3.42. The molecule has 458 valence electrons. The van der Waals surface area contributed by atoms with Gasteiger partial charge in [0.2, 0.25) is 0 Å². The number of unbranched alkanes of at least 4 members (excludes halogenated alkanes) is 24. The van der Waals surface area contributed by atoms with Gasteiger partial charge < -0.3 is 18.9 Å². The molecule has 0 fully saturated rings. The zero-order chi connectivity index (χ0) is 58.4. The van der Waals surface area contributed by atoms with Gasteiger partial charge in [-0.3, -0.25) is 18.6 Å². The van der Waals surface area contributed by atoms with Gasteiger partial charge >= 0.3 is 19.8 Å². The van der Waals surface area contributed by atoms with E-state index in [9.17, 15) is 19.0 Å². The highest BCUT2D eigenvalue weighted by Gasteiger charge is 2.27. The highest BCUT2D eigenvalue weighted by molar-refractivity contribution is 7.47. The molecule has 0 aliphatic rings. The first-order valence-corrected chi connectivity index (χ1v) is 33.8. The third-order valence-electron chi connectivity index (χ3n) is 13.5.